The Morgan fingerprint density at radius 1 is 1.18 bits per heavy atom. The molecule has 0 aromatic heterocycles. The van der Waals surface area contributed by atoms with Gasteiger partial charge in [0.15, 0.2) is 6.10 Å². The van der Waals surface area contributed by atoms with E-state index in [2.05, 4.69) is 0 Å². The Morgan fingerprint density at radius 2 is 1.95 bits per heavy atom. The van der Waals surface area contributed by atoms with Crippen molar-refractivity contribution in [3.63, 3.8) is 0 Å². The Labute approximate surface area is 140 Å². The van der Waals surface area contributed by atoms with Gasteiger partial charge >= 0.3 is 0 Å². The molecule has 3 nitrogen and oxygen atoms in total. The van der Waals surface area contributed by atoms with Gasteiger partial charge in [0.25, 0.3) is 0 Å². The Bertz CT molecular complexity index is 673. The van der Waals surface area contributed by atoms with E-state index in [1.165, 1.54) is 0 Å². The van der Waals surface area contributed by atoms with Crippen molar-refractivity contribution < 1.29 is 9.53 Å². The van der Waals surface area contributed by atoms with Gasteiger partial charge in [-0.25, -0.2) is 0 Å². The molecule has 2 N–H and O–H groups in total. The lowest BCUT2D eigenvalue weighted by Gasteiger charge is -2.18. The average Bonchev–Trinajstić information content (AvgIpc) is 2.49. The number of Topliss-reactive ketones (excluding diaryl/α,β-unsaturated/α-hetero) is 1. The summed E-state index contributed by atoms with van der Waals surface area (Å²) in [6, 6.07) is 11.9. The van der Waals surface area contributed by atoms with Gasteiger partial charge in [-0.2, -0.15) is 0 Å². The molecule has 116 valence electrons. The van der Waals surface area contributed by atoms with Gasteiger partial charge in [-0.1, -0.05) is 42.6 Å². The molecule has 5 heteroatoms. The van der Waals surface area contributed by atoms with E-state index in [1.54, 1.807) is 42.5 Å². The molecule has 0 fully saturated rings. The van der Waals surface area contributed by atoms with E-state index in [1.807, 2.05) is 6.92 Å². The first-order valence-corrected chi connectivity index (χ1v) is 7.78. The lowest BCUT2D eigenvalue weighted by Crippen LogP contribution is -2.27. The van der Waals surface area contributed by atoms with Crippen LogP contribution in [0.1, 0.15) is 30.1 Å². The predicted molar refractivity (Wildman–Crippen MR) is 91.0 cm³/mol. The molecule has 2 rings (SSSR count). The van der Waals surface area contributed by atoms with Gasteiger partial charge in [-0.15, -0.1) is 0 Å². The van der Waals surface area contributed by atoms with Crippen LogP contribution in [-0.4, -0.2) is 11.9 Å². The maximum Gasteiger partial charge on any atom is 0.203 e. The van der Waals surface area contributed by atoms with Gasteiger partial charge in [-0.05, 0) is 36.8 Å². The number of rotatable bonds is 6. The number of carbonyl (C=O) groups excluding carboxylic acids is 1. The highest BCUT2D eigenvalue weighted by Gasteiger charge is 2.22. The quantitative estimate of drug-likeness (QED) is 0.595. The van der Waals surface area contributed by atoms with Crippen molar-refractivity contribution in [1.29, 1.82) is 0 Å². The molecular formula is C17H17Cl2NO2. The molecule has 0 saturated carbocycles. The lowest BCUT2D eigenvalue weighted by atomic mass is 10.0. The normalized spacial score (nSPS) is 12.0. The highest BCUT2D eigenvalue weighted by atomic mass is 35.5. The second-order valence-corrected chi connectivity index (χ2v) is 5.78. The van der Waals surface area contributed by atoms with E-state index in [4.69, 9.17) is 33.7 Å². The summed E-state index contributed by atoms with van der Waals surface area (Å²) >= 11 is 11.9. The van der Waals surface area contributed by atoms with Crippen LogP contribution in [0.5, 0.6) is 5.75 Å². The van der Waals surface area contributed by atoms with Crippen LogP contribution < -0.4 is 10.5 Å². The molecule has 0 heterocycles. The van der Waals surface area contributed by atoms with Gasteiger partial charge in [0.1, 0.15) is 5.75 Å². The fraction of sp³-hybridized carbons (Fsp3) is 0.235. The first-order chi connectivity index (χ1) is 10.5. The number of ether oxygens (including phenoxy) is 1. The van der Waals surface area contributed by atoms with E-state index in [9.17, 15) is 4.79 Å². The fourth-order valence-corrected chi connectivity index (χ4v) is 2.39. The summed E-state index contributed by atoms with van der Waals surface area (Å²) in [4.78, 5) is 12.6. The predicted octanol–water partition coefficient (Wildman–Crippen LogP) is 5.01. The van der Waals surface area contributed by atoms with E-state index in [0.29, 0.717) is 33.5 Å². The topological polar surface area (TPSA) is 52.3 Å². The number of anilines is 1. The van der Waals surface area contributed by atoms with Crippen molar-refractivity contribution >= 4 is 34.7 Å². The lowest BCUT2D eigenvalue weighted by molar-refractivity contribution is 0.0777. The monoisotopic (exact) mass is 337 g/mol. The van der Waals surface area contributed by atoms with Crippen molar-refractivity contribution in [1.82, 2.24) is 0 Å². The SMILES string of the molecule is CCCC(Oc1cccc(N)c1)C(=O)c1ccc(Cl)c(Cl)c1. The van der Waals surface area contributed by atoms with Crippen LogP contribution in [0.25, 0.3) is 0 Å². The standard InChI is InChI=1S/C17H17Cl2NO2/c1-2-4-16(22-13-6-3-5-12(20)10-13)17(21)11-7-8-14(18)15(19)9-11/h3,5-10,16H,2,4,20H2,1H3. The molecule has 0 aliphatic carbocycles. The summed E-state index contributed by atoms with van der Waals surface area (Å²) in [5.74, 6) is 0.453. The number of nitrogen functional groups attached to an aromatic ring is 1. The van der Waals surface area contributed by atoms with Crippen molar-refractivity contribution in [3.8, 4) is 5.75 Å². The summed E-state index contributed by atoms with van der Waals surface area (Å²) in [6.07, 6.45) is 0.845. The molecule has 0 aliphatic heterocycles. The number of benzene rings is 2. The number of hydrogen-bond acceptors (Lipinski definition) is 3. The zero-order chi connectivity index (χ0) is 16.1. The molecule has 0 aliphatic rings. The second kappa shape index (κ2) is 7.52. The van der Waals surface area contributed by atoms with Crippen LogP contribution in [0.2, 0.25) is 10.0 Å². The number of ketones is 1. The molecule has 0 radical (unpaired) electrons. The number of carbonyl (C=O) groups is 1. The van der Waals surface area contributed by atoms with Gasteiger partial charge in [0.05, 0.1) is 10.0 Å². The maximum atomic E-state index is 12.6. The van der Waals surface area contributed by atoms with E-state index in [0.717, 1.165) is 6.42 Å². The minimum atomic E-state index is -0.580. The van der Waals surface area contributed by atoms with Crippen molar-refractivity contribution in [2.75, 3.05) is 5.73 Å². The fourth-order valence-electron chi connectivity index (χ4n) is 2.09. The number of nitrogens with two attached hydrogens (primary N) is 1. The van der Waals surface area contributed by atoms with Gasteiger partial charge < -0.3 is 10.5 Å². The van der Waals surface area contributed by atoms with E-state index in [-0.39, 0.29) is 5.78 Å². The zero-order valence-electron chi connectivity index (χ0n) is 12.2. The van der Waals surface area contributed by atoms with Crippen molar-refractivity contribution in [2.45, 2.75) is 25.9 Å². The highest BCUT2D eigenvalue weighted by Crippen LogP contribution is 2.25. The minimum Gasteiger partial charge on any atom is -0.482 e. The first kappa shape index (κ1) is 16.7. The van der Waals surface area contributed by atoms with Crippen LogP contribution in [0, 0.1) is 0 Å². The summed E-state index contributed by atoms with van der Waals surface area (Å²) < 4.78 is 5.82. The smallest absolute Gasteiger partial charge is 0.203 e. The van der Waals surface area contributed by atoms with Crippen molar-refractivity contribution in [2.24, 2.45) is 0 Å². The molecule has 22 heavy (non-hydrogen) atoms. The molecule has 2 aromatic rings. The molecule has 0 amide bonds. The van der Waals surface area contributed by atoms with Crippen molar-refractivity contribution in [3.05, 3.63) is 58.1 Å². The highest BCUT2D eigenvalue weighted by molar-refractivity contribution is 6.42. The number of hydrogen-bond donors (Lipinski definition) is 1. The summed E-state index contributed by atoms with van der Waals surface area (Å²) in [5, 5.41) is 0.772. The summed E-state index contributed by atoms with van der Waals surface area (Å²) in [5.41, 5.74) is 6.81. The molecule has 1 atom stereocenters. The molecule has 2 aromatic carbocycles. The summed E-state index contributed by atoms with van der Waals surface area (Å²) in [7, 11) is 0. The van der Waals surface area contributed by atoms with Gasteiger partial charge in [0.2, 0.25) is 5.78 Å². The minimum absolute atomic E-state index is 0.122. The molecular weight excluding hydrogens is 321 g/mol. The van der Waals surface area contributed by atoms with E-state index < -0.39 is 6.10 Å². The Balaban J connectivity index is 2.22. The molecule has 1 unspecified atom stereocenters. The molecule has 0 bridgehead atoms. The number of halogens is 2. The van der Waals surface area contributed by atoms with Crippen LogP contribution in [0.15, 0.2) is 42.5 Å². The third-order valence-electron chi connectivity index (χ3n) is 3.18. The first-order valence-electron chi connectivity index (χ1n) is 7.02. The molecule has 0 saturated heterocycles. The maximum absolute atomic E-state index is 12.6. The van der Waals surface area contributed by atoms with Crippen LogP contribution in [0.4, 0.5) is 5.69 Å². The largest absolute Gasteiger partial charge is 0.482 e. The van der Waals surface area contributed by atoms with Crippen LogP contribution >= 0.6 is 23.2 Å². The second-order valence-electron chi connectivity index (χ2n) is 4.96. The third kappa shape index (κ3) is 4.15. The zero-order valence-corrected chi connectivity index (χ0v) is 13.7. The van der Waals surface area contributed by atoms with E-state index >= 15 is 0 Å². The van der Waals surface area contributed by atoms with Crippen LogP contribution in [0.3, 0.4) is 0 Å². The van der Waals surface area contributed by atoms with Gasteiger partial charge in [0, 0.05) is 17.3 Å². The van der Waals surface area contributed by atoms with Gasteiger partial charge in [-0.3, -0.25) is 4.79 Å². The third-order valence-corrected chi connectivity index (χ3v) is 3.92. The van der Waals surface area contributed by atoms with Crippen LogP contribution in [-0.2, 0) is 0 Å². The Kier molecular flexibility index (Phi) is 5.69. The summed E-state index contributed by atoms with van der Waals surface area (Å²) in [6.45, 7) is 2.00. The molecule has 0 spiro atoms. The Morgan fingerprint density at radius 3 is 2.59 bits per heavy atom. The Hall–Kier alpha value is -1.71. The average molecular weight is 338 g/mol.